The number of nitrogens with zero attached hydrogens (tertiary/aromatic N) is 2. The van der Waals surface area contributed by atoms with Crippen molar-refractivity contribution in [3.05, 3.63) is 24.3 Å². The number of benzene rings is 1. The average Bonchev–Trinajstić information content (AvgIpc) is 3.14. The largest absolute Gasteiger partial charge is 0.371 e. The summed E-state index contributed by atoms with van der Waals surface area (Å²) in [7, 11) is 2.06. The molecule has 1 aromatic rings. The highest BCUT2D eigenvalue weighted by atomic mass is 16.2. The predicted octanol–water partition coefficient (Wildman–Crippen LogP) is 1.81. The van der Waals surface area contributed by atoms with E-state index in [0.717, 1.165) is 37.3 Å². The monoisotopic (exact) mass is 231 g/mol. The van der Waals surface area contributed by atoms with E-state index in [1.54, 1.807) is 0 Å². The molecule has 1 aromatic carbocycles. The molecular formula is C13H17N3O. The van der Waals surface area contributed by atoms with Gasteiger partial charge >= 0.3 is 6.03 Å². The number of rotatable bonds is 1. The fraction of sp³-hybridized carbons (Fsp3) is 0.462. The predicted molar refractivity (Wildman–Crippen MR) is 68.6 cm³/mol. The van der Waals surface area contributed by atoms with Crippen molar-refractivity contribution in [1.29, 1.82) is 0 Å². The summed E-state index contributed by atoms with van der Waals surface area (Å²) in [5.41, 5.74) is 2.14. The number of urea groups is 1. The van der Waals surface area contributed by atoms with E-state index in [9.17, 15) is 4.79 Å². The summed E-state index contributed by atoms with van der Waals surface area (Å²) in [6, 6.07) is 8.53. The number of carbonyl (C=O) groups excluding carboxylic acids is 1. The van der Waals surface area contributed by atoms with Crippen molar-refractivity contribution in [2.75, 3.05) is 29.9 Å². The molecule has 0 radical (unpaired) electrons. The lowest BCUT2D eigenvalue weighted by Gasteiger charge is -2.35. The Hall–Kier alpha value is -1.71. The van der Waals surface area contributed by atoms with Crippen molar-refractivity contribution in [3.63, 3.8) is 0 Å². The van der Waals surface area contributed by atoms with Gasteiger partial charge in [0.05, 0.1) is 11.4 Å². The van der Waals surface area contributed by atoms with Gasteiger partial charge in [0.2, 0.25) is 0 Å². The standard InChI is InChI=1S/C13H17N3O/c1-15-8-9-16(13(17)14-10-6-7-10)12-5-3-2-4-11(12)15/h2-5,10H,6-9H2,1H3,(H,14,17). The van der Waals surface area contributed by atoms with Gasteiger partial charge in [0, 0.05) is 26.2 Å². The average molecular weight is 231 g/mol. The van der Waals surface area contributed by atoms with Gasteiger partial charge in [0.25, 0.3) is 0 Å². The molecule has 1 saturated carbocycles. The molecule has 0 saturated heterocycles. The number of hydrogen-bond acceptors (Lipinski definition) is 2. The van der Waals surface area contributed by atoms with Gasteiger partial charge in [0.1, 0.15) is 0 Å². The van der Waals surface area contributed by atoms with Gasteiger partial charge in [-0.25, -0.2) is 4.79 Å². The minimum atomic E-state index is 0.0491. The van der Waals surface area contributed by atoms with Crippen molar-refractivity contribution < 1.29 is 4.79 Å². The molecule has 0 aromatic heterocycles. The molecular weight excluding hydrogens is 214 g/mol. The molecule has 90 valence electrons. The van der Waals surface area contributed by atoms with E-state index in [4.69, 9.17) is 0 Å². The van der Waals surface area contributed by atoms with Crippen LogP contribution in [0.3, 0.4) is 0 Å². The van der Waals surface area contributed by atoms with Crippen molar-refractivity contribution in [1.82, 2.24) is 5.32 Å². The second-order valence-corrected chi connectivity index (χ2v) is 4.79. The molecule has 1 fully saturated rings. The molecule has 4 heteroatoms. The summed E-state index contributed by atoms with van der Waals surface area (Å²) in [5, 5.41) is 3.05. The van der Waals surface area contributed by atoms with E-state index in [2.05, 4.69) is 23.3 Å². The first-order valence-electron chi connectivity index (χ1n) is 6.14. The number of likely N-dealkylation sites (N-methyl/N-ethyl adjacent to an activating group) is 1. The third-order valence-electron chi connectivity index (χ3n) is 3.39. The van der Waals surface area contributed by atoms with Crippen LogP contribution in [-0.4, -0.2) is 32.2 Å². The molecule has 1 aliphatic heterocycles. The van der Waals surface area contributed by atoms with Crippen molar-refractivity contribution in [2.45, 2.75) is 18.9 Å². The molecule has 2 amide bonds. The highest BCUT2D eigenvalue weighted by molar-refractivity contribution is 5.97. The fourth-order valence-corrected chi connectivity index (χ4v) is 2.20. The first kappa shape index (κ1) is 10.4. The number of nitrogens with one attached hydrogen (secondary N) is 1. The van der Waals surface area contributed by atoms with Gasteiger partial charge in [-0.05, 0) is 25.0 Å². The Morgan fingerprint density at radius 3 is 2.65 bits per heavy atom. The van der Waals surface area contributed by atoms with E-state index in [1.807, 2.05) is 23.1 Å². The zero-order valence-electron chi connectivity index (χ0n) is 10.0. The van der Waals surface area contributed by atoms with Crippen LogP contribution < -0.4 is 15.1 Å². The van der Waals surface area contributed by atoms with Gasteiger partial charge in [-0.1, -0.05) is 12.1 Å². The zero-order valence-corrected chi connectivity index (χ0v) is 10.0. The summed E-state index contributed by atoms with van der Waals surface area (Å²) in [6.07, 6.45) is 2.25. The molecule has 4 nitrogen and oxygen atoms in total. The second kappa shape index (κ2) is 3.95. The zero-order chi connectivity index (χ0) is 11.8. The van der Waals surface area contributed by atoms with E-state index in [-0.39, 0.29) is 6.03 Å². The number of anilines is 2. The molecule has 2 aliphatic rings. The lowest BCUT2D eigenvalue weighted by Crippen LogP contribution is -2.47. The lowest BCUT2D eigenvalue weighted by atomic mass is 10.2. The van der Waals surface area contributed by atoms with E-state index >= 15 is 0 Å². The van der Waals surface area contributed by atoms with Crippen LogP contribution in [0.2, 0.25) is 0 Å². The molecule has 0 bridgehead atoms. The van der Waals surface area contributed by atoms with Crippen LogP contribution in [0.4, 0.5) is 16.2 Å². The van der Waals surface area contributed by atoms with Crippen LogP contribution >= 0.6 is 0 Å². The lowest BCUT2D eigenvalue weighted by molar-refractivity contribution is 0.246. The van der Waals surface area contributed by atoms with Crippen LogP contribution in [0.15, 0.2) is 24.3 Å². The Balaban J connectivity index is 1.86. The van der Waals surface area contributed by atoms with Crippen molar-refractivity contribution >= 4 is 17.4 Å². The highest BCUT2D eigenvalue weighted by Gasteiger charge is 2.29. The molecule has 3 rings (SSSR count). The molecule has 1 heterocycles. The Bertz CT molecular complexity index is 442. The maximum atomic E-state index is 12.1. The number of amides is 2. The quantitative estimate of drug-likeness (QED) is 0.800. The fourth-order valence-electron chi connectivity index (χ4n) is 2.20. The normalized spacial score (nSPS) is 18.9. The Morgan fingerprint density at radius 1 is 1.24 bits per heavy atom. The SMILES string of the molecule is CN1CCN(C(=O)NC2CC2)c2ccccc21. The highest BCUT2D eigenvalue weighted by Crippen LogP contribution is 2.32. The van der Waals surface area contributed by atoms with Crippen molar-refractivity contribution in [3.8, 4) is 0 Å². The number of hydrogen-bond donors (Lipinski definition) is 1. The van der Waals surface area contributed by atoms with E-state index < -0.39 is 0 Å². The minimum Gasteiger partial charge on any atom is -0.371 e. The number of para-hydroxylation sites is 2. The van der Waals surface area contributed by atoms with Crippen LogP contribution in [-0.2, 0) is 0 Å². The Labute approximate surface area is 101 Å². The molecule has 1 N–H and O–H groups in total. The van der Waals surface area contributed by atoms with E-state index in [0.29, 0.717) is 6.04 Å². The first-order valence-corrected chi connectivity index (χ1v) is 6.14. The second-order valence-electron chi connectivity index (χ2n) is 4.79. The smallest absolute Gasteiger partial charge is 0.322 e. The summed E-state index contributed by atoms with van der Waals surface area (Å²) < 4.78 is 0. The first-order chi connectivity index (χ1) is 8.25. The van der Waals surface area contributed by atoms with Crippen LogP contribution in [0, 0.1) is 0 Å². The minimum absolute atomic E-state index is 0.0491. The van der Waals surface area contributed by atoms with Gasteiger partial charge in [0.15, 0.2) is 0 Å². The third kappa shape index (κ3) is 1.95. The van der Waals surface area contributed by atoms with Gasteiger partial charge in [-0.2, -0.15) is 0 Å². The molecule has 1 aliphatic carbocycles. The van der Waals surface area contributed by atoms with Gasteiger partial charge < -0.3 is 10.2 Å². The topological polar surface area (TPSA) is 35.6 Å². The molecule has 0 unspecified atom stereocenters. The van der Waals surface area contributed by atoms with Crippen LogP contribution in [0.25, 0.3) is 0 Å². The summed E-state index contributed by atoms with van der Waals surface area (Å²) >= 11 is 0. The van der Waals surface area contributed by atoms with E-state index in [1.165, 1.54) is 0 Å². The number of fused-ring (bicyclic) bond motifs is 1. The molecule has 0 spiro atoms. The number of carbonyl (C=O) groups is 1. The maximum absolute atomic E-state index is 12.1. The van der Waals surface area contributed by atoms with Gasteiger partial charge in [-0.3, -0.25) is 4.90 Å². The van der Waals surface area contributed by atoms with Gasteiger partial charge in [-0.15, -0.1) is 0 Å². The summed E-state index contributed by atoms with van der Waals surface area (Å²) in [5.74, 6) is 0. The van der Waals surface area contributed by atoms with Crippen LogP contribution in [0.5, 0.6) is 0 Å². The third-order valence-corrected chi connectivity index (χ3v) is 3.39. The molecule has 0 atom stereocenters. The maximum Gasteiger partial charge on any atom is 0.322 e. The van der Waals surface area contributed by atoms with Crippen LogP contribution in [0.1, 0.15) is 12.8 Å². The van der Waals surface area contributed by atoms with Crippen molar-refractivity contribution in [2.24, 2.45) is 0 Å². The summed E-state index contributed by atoms with van der Waals surface area (Å²) in [6.45, 7) is 1.64. The molecule has 17 heavy (non-hydrogen) atoms. The Morgan fingerprint density at radius 2 is 1.94 bits per heavy atom. The Kier molecular flexibility index (Phi) is 2.42. The summed E-state index contributed by atoms with van der Waals surface area (Å²) in [4.78, 5) is 16.2.